The van der Waals surface area contributed by atoms with E-state index in [9.17, 15) is 9.18 Å². The van der Waals surface area contributed by atoms with Crippen LogP contribution in [0.5, 0.6) is 5.75 Å². The highest BCUT2D eigenvalue weighted by molar-refractivity contribution is 5.98. The number of hydrogen-bond donors (Lipinski definition) is 2. The van der Waals surface area contributed by atoms with Crippen LogP contribution >= 0.6 is 0 Å². The van der Waals surface area contributed by atoms with E-state index in [4.69, 9.17) is 4.74 Å². The maximum atomic E-state index is 13.8. The fraction of sp³-hybridized carbons (Fsp3) is 0.429. The molecule has 0 unspecified atom stereocenters. The standard InChI is InChI=1S/C21H28FN3O2/c1-13(2)18(14(3)19(23-5)25-21(4)9-10-21)20(26)24-12-15-7-8-17(27-6)16(22)11-15/h7-8,11,25H,5,9-10,12H2,1-4,6H3,(H,24,26)/b19-14-. The minimum atomic E-state index is -0.456. The van der Waals surface area contributed by atoms with Crippen molar-refractivity contribution < 1.29 is 13.9 Å². The summed E-state index contributed by atoms with van der Waals surface area (Å²) in [7, 11) is 1.41. The van der Waals surface area contributed by atoms with E-state index in [0.717, 1.165) is 24.0 Å². The number of halogens is 1. The maximum absolute atomic E-state index is 13.8. The highest BCUT2D eigenvalue weighted by Gasteiger charge is 2.38. The van der Waals surface area contributed by atoms with Gasteiger partial charge in [0.05, 0.1) is 7.11 Å². The Labute approximate surface area is 160 Å². The molecule has 1 saturated carbocycles. The number of aliphatic imine (C=N–C) groups is 1. The van der Waals surface area contributed by atoms with Gasteiger partial charge in [0.2, 0.25) is 0 Å². The predicted molar refractivity (Wildman–Crippen MR) is 106 cm³/mol. The number of hydrogen-bond acceptors (Lipinski definition) is 4. The lowest BCUT2D eigenvalue weighted by atomic mass is 10.0. The van der Waals surface area contributed by atoms with E-state index in [1.807, 2.05) is 20.8 Å². The number of amides is 1. The zero-order chi connectivity index (χ0) is 20.2. The SMILES string of the molecule is C=N/C(NC1(C)CC1)=C(\C)C(C(=O)NCc1ccc(OC)c(F)c1)=C(C)C. The highest BCUT2D eigenvalue weighted by Crippen LogP contribution is 2.36. The number of rotatable bonds is 8. The smallest absolute Gasteiger partial charge is 0.251 e. The number of nitrogens with zero attached hydrogens (tertiary/aromatic N) is 1. The number of methoxy groups -OCH3 is 1. The van der Waals surface area contributed by atoms with E-state index >= 15 is 0 Å². The Balaban J connectivity index is 2.16. The molecule has 0 spiro atoms. The van der Waals surface area contributed by atoms with E-state index < -0.39 is 5.82 Å². The predicted octanol–water partition coefficient (Wildman–Crippen LogP) is 3.86. The van der Waals surface area contributed by atoms with E-state index in [-0.39, 0.29) is 23.7 Å². The quantitative estimate of drug-likeness (QED) is 0.413. The number of carbonyl (C=O) groups is 1. The molecule has 146 valence electrons. The summed E-state index contributed by atoms with van der Waals surface area (Å²) >= 11 is 0. The molecule has 1 aliphatic rings. The number of allylic oxidation sites excluding steroid dienone is 1. The fourth-order valence-electron chi connectivity index (χ4n) is 2.83. The van der Waals surface area contributed by atoms with Crippen LogP contribution in [0.15, 0.2) is 45.7 Å². The van der Waals surface area contributed by atoms with Gasteiger partial charge in [-0.15, -0.1) is 0 Å². The third kappa shape index (κ3) is 5.18. The lowest BCUT2D eigenvalue weighted by molar-refractivity contribution is -0.117. The summed E-state index contributed by atoms with van der Waals surface area (Å²) in [5, 5.41) is 6.23. The van der Waals surface area contributed by atoms with E-state index in [1.165, 1.54) is 13.2 Å². The van der Waals surface area contributed by atoms with Crippen molar-refractivity contribution in [3.8, 4) is 5.75 Å². The van der Waals surface area contributed by atoms with Gasteiger partial charge in [-0.2, -0.15) is 0 Å². The molecule has 0 radical (unpaired) electrons. The molecule has 1 aromatic rings. The molecule has 1 aromatic carbocycles. The minimum Gasteiger partial charge on any atom is -0.494 e. The van der Waals surface area contributed by atoms with Crippen LogP contribution in [-0.4, -0.2) is 25.3 Å². The van der Waals surface area contributed by atoms with Gasteiger partial charge in [0.15, 0.2) is 11.6 Å². The number of ether oxygens (including phenoxy) is 1. The molecule has 1 aliphatic carbocycles. The lowest BCUT2D eigenvalue weighted by Crippen LogP contribution is -2.30. The number of carbonyl (C=O) groups excluding carboxylic acids is 1. The zero-order valence-corrected chi connectivity index (χ0v) is 16.7. The minimum absolute atomic E-state index is 0.0294. The second-order valence-electron chi connectivity index (χ2n) is 7.34. The molecule has 27 heavy (non-hydrogen) atoms. The van der Waals surface area contributed by atoms with Crippen LogP contribution in [0.25, 0.3) is 0 Å². The van der Waals surface area contributed by atoms with Gasteiger partial charge in [0.1, 0.15) is 5.82 Å². The summed E-state index contributed by atoms with van der Waals surface area (Å²) in [6, 6.07) is 4.62. The summed E-state index contributed by atoms with van der Waals surface area (Å²) in [6.07, 6.45) is 2.14. The number of benzene rings is 1. The Morgan fingerprint density at radius 3 is 2.48 bits per heavy atom. The maximum Gasteiger partial charge on any atom is 0.251 e. The topological polar surface area (TPSA) is 62.7 Å². The molecular formula is C21H28FN3O2. The van der Waals surface area contributed by atoms with E-state index in [0.29, 0.717) is 17.0 Å². The summed E-state index contributed by atoms with van der Waals surface area (Å²) in [6.45, 7) is 11.6. The molecule has 5 nitrogen and oxygen atoms in total. The lowest BCUT2D eigenvalue weighted by Gasteiger charge is -2.18. The summed E-state index contributed by atoms with van der Waals surface area (Å²) in [5.74, 6) is 0.113. The van der Waals surface area contributed by atoms with Gasteiger partial charge in [-0.3, -0.25) is 4.79 Å². The van der Waals surface area contributed by atoms with Crippen molar-refractivity contribution >= 4 is 12.6 Å². The average molecular weight is 373 g/mol. The van der Waals surface area contributed by atoms with Gasteiger partial charge in [0.25, 0.3) is 5.91 Å². The van der Waals surface area contributed by atoms with Crippen molar-refractivity contribution in [2.24, 2.45) is 4.99 Å². The highest BCUT2D eigenvalue weighted by atomic mass is 19.1. The molecule has 0 bridgehead atoms. The molecule has 2 rings (SSSR count). The van der Waals surface area contributed by atoms with E-state index in [2.05, 4.69) is 29.3 Å². The second-order valence-corrected chi connectivity index (χ2v) is 7.34. The molecule has 2 N–H and O–H groups in total. The van der Waals surface area contributed by atoms with Crippen molar-refractivity contribution in [1.82, 2.24) is 10.6 Å². The summed E-state index contributed by atoms with van der Waals surface area (Å²) < 4.78 is 18.7. The third-order valence-corrected chi connectivity index (χ3v) is 4.70. The monoisotopic (exact) mass is 373 g/mol. The molecule has 0 heterocycles. The largest absolute Gasteiger partial charge is 0.494 e. The first-order chi connectivity index (χ1) is 12.7. The fourth-order valence-corrected chi connectivity index (χ4v) is 2.83. The van der Waals surface area contributed by atoms with Crippen molar-refractivity contribution in [2.45, 2.75) is 52.6 Å². The molecule has 1 amide bonds. The third-order valence-electron chi connectivity index (χ3n) is 4.70. The average Bonchev–Trinajstić information content (AvgIpc) is 3.35. The van der Waals surface area contributed by atoms with Crippen LogP contribution in [0.4, 0.5) is 4.39 Å². The molecular weight excluding hydrogens is 345 g/mol. The Morgan fingerprint density at radius 1 is 1.33 bits per heavy atom. The van der Waals surface area contributed by atoms with Crippen molar-refractivity contribution in [3.05, 3.63) is 52.1 Å². The molecule has 0 aromatic heterocycles. The molecule has 0 saturated heterocycles. The van der Waals surface area contributed by atoms with Crippen molar-refractivity contribution in [2.75, 3.05) is 7.11 Å². The van der Waals surface area contributed by atoms with Gasteiger partial charge in [0, 0.05) is 23.2 Å². The van der Waals surface area contributed by atoms with Crippen LogP contribution in [-0.2, 0) is 11.3 Å². The molecule has 6 heteroatoms. The normalized spacial score (nSPS) is 15.3. The van der Waals surface area contributed by atoms with Crippen LogP contribution < -0.4 is 15.4 Å². The van der Waals surface area contributed by atoms with Gasteiger partial charge in [-0.1, -0.05) is 11.6 Å². The summed E-state index contributed by atoms with van der Waals surface area (Å²) in [5.41, 5.74) is 2.86. The van der Waals surface area contributed by atoms with Gasteiger partial charge < -0.3 is 15.4 Å². The first kappa shape index (κ1) is 20.7. The molecule has 0 aliphatic heterocycles. The van der Waals surface area contributed by atoms with Crippen LogP contribution in [0.3, 0.4) is 0 Å². The van der Waals surface area contributed by atoms with Crippen LogP contribution in [0, 0.1) is 5.82 Å². The van der Waals surface area contributed by atoms with Crippen LogP contribution in [0.1, 0.15) is 46.1 Å². The van der Waals surface area contributed by atoms with E-state index in [1.54, 1.807) is 12.1 Å². The molecule has 1 fully saturated rings. The zero-order valence-electron chi connectivity index (χ0n) is 16.7. The Hall–Kier alpha value is -2.63. The van der Waals surface area contributed by atoms with Gasteiger partial charge in [-0.25, -0.2) is 9.38 Å². The Bertz CT molecular complexity index is 804. The number of nitrogens with one attached hydrogen (secondary N) is 2. The van der Waals surface area contributed by atoms with Gasteiger partial charge in [-0.05, 0) is 65.0 Å². The second kappa shape index (κ2) is 8.37. The Kier molecular flexibility index (Phi) is 6.41. The summed E-state index contributed by atoms with van der Waals surface area (Å²) in [4.78, 5) is 16.9. The van der Waals surface area contributed by atoms with Gasteiger partial charge >= 0.3 is 0 Å². The first-order valence-corrected chi connectivity index (χ1v) is 8.95. The Morgan fingerprint density at radius 2 is 2.00 bits per heavy atom. The first-order valence-electron chi connectivity index (χ1n) is 8.95. The van der Waals surface area contributed by atoms with Crippen molar-refractivity contribution in [3.63, 3.8) is 0 Å². The van der Waals surface area contributed by atoms with Crippen molar-refractivity contribution in [1.29, 1.82) is 0 Å². The van der Waals surface area contributed by atoms with Crippen LogP contribution in [0.2, 0.25) is 0 Å². The molecule has 0 atom stereocenters.